The zero-order valence-electron chi connectivity index (χ0n) is 19.6. The molecule has 0 rings (SSSR count). The van der Waals surface area contributed by atoms with Crippen LogP contribution in [0.5, 0.6) is 0 Å². The van der Waals surface area contributed by atoms with Crippen molar-refractivity contribution in [2.24, 2.45) is 0 Å². The molecule has 0 saturated heterocycles. The fourth-order valence-electron chi connectivity index (χ4n) is 3.50. The topological polar surface area (TPSA) is 46.5 Å². The molecule has 0 aliphatic heterocycles. The van der Waals surface area contributed by atoms with E-state index in [9.17, 15) is 9.90 Å². The molecule has 1 N–H and O–H groups in total. The zero-order chi connectivity index (χ0) is 21.4. The quantitative estimate of drug-likeness (QED) is 0.112. The average molecular weight is 411 g/mol. The van der Waals surface area contributed by atoms with Crippen LogP contribution in [0.4, 0.5) is 0 Å². The highest BCUT2D eigenvalue weighted by atomic mass is 16.5. The van der Waals surface area contributed by atoms with Gasteiger partial charge in [0.25, 0.3) is 0 Å². The van der Waals surface area contributed by atoms with Gasteiger partial charge in [0.2, 0.25) is 0 Å². The van der Waals surface area contributed by atoms with Gasteiger partial charge in [-0.05, 0) is 38.5 Å². The highest BCUT2D eigenvalue weighted by Crippen LogP contribution is 2.11. The lowest BCUT2D eigenvalue weighted by atomic mass is 10.1. The molecule has 1 unspecified atom stereocenters. The molecule has 0 bridgehead atoms. The van der Waals surface area contributed by atoms with E-state index in [2.05, 4.69) is 26.0 Å². The fourth-order valence-corrected chi connectivity index (χ4v) is 3.50. The Balaban J connectivity index is 3.30. The molecule has 0 fully saturated rings. The van der Waals surface area contributed by atoms with Crippen molar-refractivity contribution in [1.82, 2.24) is 0 Å². The first-order chi connectivity index (χ1) is 14.2. The summed E-state index contributed by atoms with van der Waals surface area (Å²) in [6.07, 6.45) is 25.6. The summed E-state index contributed by atoms with van der Waals surface area (Å²) in [5, 5.41) is 9.92. The van der Waals surface area contributed by atoms with Gasteiger partial charge in [-0.3, -0.25) is 4.79 Å². The SMILES string of the molecule is CCCCCCCCOC(=O)CCCCCCC/C=C\CC(O)CCCCCC. The molecule has 0 spiro atoms. The van der Waals surface area contributed by atoms with Gasteiger partial charge in [0.1, 0.15) is 0 Å². The maximum absolute atomic E-state index is 11.7. The highest BCUT2D eigenvalue weighted by Gasteiger charge is 2.03. The molecule has 0 aliphatic carbocycles. The van der Waals surface area contributed by atoms with Gasteiger partial charge in [-0.15, -0.1) is 0 Å². The first-order valence-corrected chi connectivity index (χ1v) is 12.7. The smallest absolute Gasteiger partial charge is 0.305 e. The minimum Gasteiger partial charge on any atom is -0.466 e. The van der Waals surface area contributed by atoms with Crippen molar-refractivity contribution in [3.05, 3.63) is 12.2 Å². The van der Waals surface area contributed by atoms with Crippen molar-refractivity contribution < 1.29 is 14.6 Å². The van der Waals surface area contributed by atoms with E-state index in [1.54, 1.807) is 0 Å². The minimum atomic E-state index is -0.163. The number of aliphatic hydroxyl groups is 1. The Kier molecular flexibility index (Phi) is 22.8. The molecule has 0 aromatic heterocycles. The number of hydrogen-bond donors (Lipinski definition) is 1. The Hall–Kier alpha value is -0.830. The largest absolute Gasteiger partial charge is 0.466 e. The third-order valence-corrected chi connectivity index (χ3v) is 5.48. The molecule has 0 saturated carbocycles. The predicted octanol–water partition coefficient (Wildman–Crippen LogP) is 7.90. The Morgan fingerprint density at radius 2 is 1.34 bits per heavy atom. The molecule has 1 atom stereocenters. The molecule has 172 valence electrons. The normalized spacial score (nSPS) is 12.5. The molecule has 0 radical (unpaired) electrons. The summed E-state index contributed by atoms with van der Waals surface area (Å²) in [7, 11) is 0. The predicted molar refractivity (Wildman–Crippen MR) is 125 cm³/mol. The molecule has 3 heteroatoms. The van der Waals surface area contributed by atoms with E-state index >= 15 is 0 Å². The second kappa shape index (κ2) is 23.4. The van der Waals surface area contributed by atoms with Gasteiger partial charge in [0.15, 0.2) is 0 Å². The van der Waals surface area contributed by atoms with Crippen LogP contribution in [0.15, 0.2) is 12.2 Å². The molecular weight excluding hydrogens is 360 g/mol. The number of rotatable bonds is 22. The molecule has 0 heterocycles. The van der Waals surface area contributed by atoms with E-state index in [1.807, 2.05) is 0 Å². The molecule has 0 aliphatic rings. The van der Waals surface area contributed by atoms with Crippen LogP contribution in [0.3, 0.4) is 0 Å². The van der Waals surface area contributed by atoms with Gasteiger partial charge in [-0.2, -0.15) is 0 Å². The lowest BCUT2D eigenvalue weighted by molar-refractivity contribution is -0.143. The maximum Gasteiger partial charge on any atom is 0.305 e. The van der Waals surface area contributed by atoms with Crippen LogP contribution in [0.25, 0.3) is 0 Å². The monoisotopic (exact) mass is 410 g/mol. The summed E-state index contributed by atoms with van der Waals surface area (Å²) in [6, 6.07) is 0. The van der Waals surface area contributed by atoms with Crippen LogP contribution in [0, 0.1) is 0 Å². The first kappa shape index (κ1) is 28.2. The van der Waals surface area contributed by atoms with Gasteiger partial charge in [0.05, 0.1) is 12.7 Å². The van der Waals surface area contributed by atoms with Crippen LogP contribution in [0.1, 0.15) is 136 Å². The molecule has 0 aromatic rings. The van der Waals surface area contributed by atoms with Crippen LogP contribution in [-0.2, 0) is 9.53 Å². The third-order valence-electron chi connectivity index (χ3n) is 5.48. The molecular formula is C26H50O3. The summed E-state index contributed by atoms with van der Waals surface area (Å²) < 4.78 is 5.31. The van der Waals surface area contributed by atoms with E-state index < -0.39 is 0 Å². The Bertz CT molecular complexity index is 365. The summed E-state index contributed by atoms with van der Waals surface area (Å²) in [6.45, 7) is 5.04. The van der Waals surface area contributed by atoms with Crippen molar-refractivity contribution in [3.63, 3.8) is 0 Å². The number of ether oxygens (including phenoxy) is 1. The van der Waals surface area contributed by atoms with Crippen molar-refractivity contribution in [2.45, 2.75) is 142 Å². The second-order valence-corrected chi connectivity index (χ2v) is 8.50. The van der Waals surface area contributed by atoms with Crippen LogP contribution >= 0.6 is 0 Å². The fraction of sp³-hybridized carbons (Fsp3) is 0.885. The van der Waals surface area contributed by atoms with Gasteiger partial charge < -0.3 is 9.84 Å². The van der Waals surface area contributed by atoms with Crippen molar-refractivity contribution in [2.75, 3.05) is 6.61 Å². The second-order valence-electron chi connectivity index (χ2n) is 8.50. The third kappa shape index (κ3) is 23.3. The number of carbonyl (C=O) groups excluding carboxylic acids is 1. The molecule has 29 heavy (non-hydrogen) atoms. The Morgan fingerprint density at radius 1 is 0.759 bits per heavy atom. The molecule has 0 amide bonds. The van der Waals surface area contributed by atoms with E-state index in [1.165, 1.54) is 70.6 Å². The van der Waals surface area contributed by atoms with Crippen molar-refractivity contribution >= 4 is 5.97 Å². The van der Waals surface area contributed by atoms with Crippen molar-refractivity contribution in [1.29, 1.82) is 0 Å². The standard InChI is InChI=1S/C26H50O3/c1-3-5-7-9-16-20-24-29-26(28)23-19-15-13-11-10-12-14-18-22-25(27)21-17-8-6-4-2/h14,18,25,27H,3-13,15-17,19-24H2,1-2H3/b18-14-. The number of unbranched alkanes of at least 4 members (excludes halogenated alkanes) is 13. The van der Waals surface area contributed by atoms with Gasteiger partial charge in [-0.25, -0.2) is 0 Å². The number of esters is 1. The number of aliphatic hydroxyl groups excluding tert-OH is 1. The Morgan fingerprint density at radius 3 is 2.07 bits per heavy atom. The lowest BCUT2D eigenvalue weighted by Crippen LogP contribution is -2.05. The Labute approximate surface area is 181 Å². The first-order valence-electron chi connectivity index (χ1n) is 12.7. The summed E-state index contributed by atoms with van der Waals surface area (Å²) >= 11 is 0. The van der Waals surface area contributed by atoms with Gasteiger partial charge in [0, 0.05) is 6.42 Å². The lowest BCUT2D eigenvalue weighted by Gasteiger charge is -2.07. The van der Waals surface area contributed by atoms with Gasteiger partial charge in [-0.1, -0.05) is 103 Å². The average Bonchev–Trinajstić information content (AvgIpc) is 2.72. The summed E-state index contributed by atoms with van der Waals surface area (Å²) in [4.78, 5) is 11.7. The molecule has 3 nitrogen and oxygen atoms in total. The number of hydrogen-bond acceptors (Lipinski definition) is 3. The number of carbonyl (C=O) groups is 1. The van der Waals surface area contributed by atoms with Crippen LogP contribution in [-0.4, -0.2) is 23.8 Å². The minimum absolute atomic E-state index is 0.0188. The summed E-state index contributed by atoms with van der Waals surface area (Å²) in [5.41, 5.74) is 0. The van der Waals surface area contributed by atoms with Crippen LogP contribution in [0.2, 0.25) is 0 Å². The van der Waals surface area contributed by atoms with Crippen molar-refractivity contribution in [3.8, 4) is 0 Å². The van der Waals surface area contributed by atoms with E-state index in [4.69, 9.17) is 4.74 Å². The molecule has 0 aromatic carbocycles. The number of allylic oxidation sites excluding steroid dienone is 1. The van der Waals surface area contributed by atoms with E-state index in [0.717, 1.165) is 44.9 Å². The van der Waals surface area contributed by atoms with E-state index in [0.29, 0.717) is 13.0 Å². The van der Waals surface area contributed by atoms with Gasteiger partial charge >= 0.3 is 5.97 Å². The summed E-state index contributed by atoms with van der Waals surface area (Å²) in [5.74, 6) is -0.0188. The zero-order valence-corrected chi connectivity index (χ0v) is 19.6. The van der Waals surface area contributed by atoms with Crippen LogP contribution < -0.4 is 0 Å². The maximum atomic E-state index is 11.7. The van der Waals surface area contributed by atoms with E-state index in [-0.39, 0.29) is 12.1 Å². The highest BCUT2D eigenvalue weighted by molar-refractivity contribution is 5.69.